The number of nitrogens with one attached hydrogen (secondary N) is 4. The van der Waals surface area contributed by atoms with Crippen LogP contribution in [0.2, 0.25) is 0 Å². The van der Waals surface area contributed by atoms with Crippen LogP contribution in [0.15, 0.2) is 54.7 Å². The quantitative estimate of drug-likeness (QED) is 0.117. The van der Waals surface area contributed by atoms with E-state index in [0.29, 0.717) is 48.0 Å². The molecule has 2 aliphatic rings. The van der Waals surface area contributed by atoms with Crippen molar-refractivity contribution in [3.05, 3.63) is 72.2 Å². The largest absolute Gasteiger partial charge is 0.453 e. The lowest BCUT2D eigenvalue weighted by molar-refractivity contribution is -0.136. The number of nitrogens with zero attached hydrogens (tertiary/aromatic N) is 4. The zero-order chi connectivity index (χ0) is 40.5. The van der Waals surface area contributed by atoms with E-state index < -0.39 is 30.1 Å². The molecule has 0 bridgehead atoms. The van der Waals surface area contributed by atoms with E-state index in [4.69, 9.17) is 14.5 Å². The number of ether oxygens (including phenoxy) is 2. The number of aromatic amines is 2. The van der Waals surface area contributed by atoms with Gasteiger partial charge in [-0.3, -0.25) is 9.59 Å². The Hall–Kier alpha value is -5.99. The van der Waals surface area contributed by atoms with Gasteiger partial charge in [-0.05, 0) is 78.3 Å². The van der Waals surface area contributed by atoms with Gasteiger partial charge in [-0.25, -0.2) is 23.9 Å². The molecule has 15 heteroatoms. The molecule has 0 saturated carbocycles. The molecule has 4 heterocycles. The van der Waals surface area contributed by atoms with Crippen molar-refractivity contribution >= 4 is 45.8 Å². The topological polar surface area (TPSA) is 175 Å². The van der Waals surface area contributed by atoms with Crippen molar-refractivity contribution in [2.45, 2.75) is 77.5 Å². The second-order valence-corrected chi connectivity index (χ2v) is 15.5. The second kappa shape index (κ2) is 16.2. The summed E-state index contributed by atoms with van der Waals surface area (Å²) in [6.07, 6.45) is 3.29. The number of fused-ring (bicyclic) bond motifs is 3. The molecule has 300 valence electrons. The second-order valence-electron chi connectivity index (χ2n) is 15.5. The van der Waals surface area contributed by atoms with Crippen LogP contribution in [0, 0.1) is 17.7 Å². The normalized spacial score (nSPS) is 18.1. The molecule has 2 aromatic heterocycles. The average Bonchev–Trinajstić information content (AvgIpc) is 4.04. The summed E-state index contributed by atoms with van der Waals surface area (Å²) in [4.78, 5) is 71.0. The number of hydrogen-bond acceptors (Lipinski definition) is 8. The Morgan fingerprint density at radius 1 is 0.772 bits per heavy atom. The summed E-state index contributed by atoms with van der Waals surface area (Å²) < 4.78 is 25.4. The molecular weight excluding hydrogens is 732 g/mol. The van der Waals surface area contributed by atoms with Crippen LogP contribution < -0.4 is 10.6 Å². The number of benzene rings is 3. The summed E-state index contributed by atoms with van der Waals surface area (Å²) >= 11 is 0. The number of carbonyl (C=O) groups is 4. The monoisotopic (exact) mass is 780 g/mol. The molecule has 0 aliphatic carbocycles. The van der Waals surface area contributed by atoms with Crippen LogP contribution in [-0.4, -0.2) is 93.1 Å². The maximum atomic E-state index is 15.9. The number of halogens is 1. The number of carbonyl (C=O) groups excluding carboxylic acids is 4. The average molecular weight is 781 g/mol. The number of H-pyrrole nitrogens is 2. The number of rotatable bonds is 10. The van der Waals surface area contributed by atoms with Crippen molar-refractivity contribution in [1.82, 2.24) is 40.4 Å². The van der Waals surface area contributed by atoms with E-state index in [-0.39, 0.29) is 35.7 Å². The first-order chi connectivity index (χ1) is 27.4. The molecular formula is C42H49FN8O6. The number of likely N-dealkylation sites (tertiary alicyclic amines) is 2. The Kier molecular flexibility index (Phi) is 11.2. The molecule has 14 nitrogen and oxygen atoms in total. The van der Waals surface area contributed by atoms with Crippen LogP contribution in [0.4, 0.5) is 14.0 Å². The minimum Gasteiger partial charge on any atom is -0.453 e. The molecule has 7 rings (SSSR count). The van der Waals surface area contributed by atoms with Crippen LogP contribution in [-0.2, 0) is 19.1 Å². The predicted octanol–water partition coefficient (Wildman–Crippen LogP) is 7.00. The van der Waals surface area contributed by atoms with Gasteiger partial charge < -0.3 is 39.9 Å². The number of alkyl carbamates (subject to hydrolysis) is 2. The SMILES string of the molecule is COC(=O)N[C@H](C(=O)N1CCC[C@H]1c1ncc(-c2ccc(-c3ccc4c(ccc5[nH]c([C@@H]6CCCN6C(=O)[C@@H](NC(=O)OC)C(C)C)nc54)c3)cc2F)[nH]1)C(C)C. The van der Waals surface area contributed by atoms with Crippen molar-refractivity contribution in [3.8, 4) is 22.4 Å². The molecule has 4 amide bonds. The van der Waals surface area contributed by atoms with Crippen molar-refractivity contribution in [3.63, 3.8) is 0 Å². The van der Waals surface area contributed by atoms with E-state index in [1.807, 2.05) is 64.1 Å². The van der Waals surface area contributed by atoms with Gasteiger partial charge in [0.1, 0.15) is 29.5 Å². The third kappa shape index (κ3) is 7.74. The minimum atomic E-state index is -0.752. The van der Waals surface area contributed by atoms with Gasteiger partial charge in [-0.15, -0.1) is 0 Å². The number of imidazole rings is 2. The van der Waals surface area contributed by atoms with Gasteiger partial charge in [-0.1, -0.05) is 52.0 Å². The molecule has 0 spiro atoms. The van der Waals surface area contributed by atoms with E-state index in [2.05, 4.69) is 25.6 Å². The third-order valence-corrected chi connectivity index (χ3v) is 11.2. The molecule has 57 heavy (non-hydrogen) atoms. The summed E-state index contributed by atoms with van der Waals surface area (Å²) in [5, 5.41) is 7.20. The van der Waals surface area contributed by atoms with E-state index in [9.17, 15) is 19.2 Å². The smallest absolute Gasteiger partial charge is 0.407 e. The molecule has 0 radical (unpaired) electrons. The Labute approximate surface area is 329 Å². The highest BCUT2D eigenvalue weighted by atomic mass is 19.1. The van der Waals surface area contributed by atoms with Gasteiger partial charge in [0.25, 0.3) is 0 Å². The zero-order valence-corrected chi connectivity index (χ0v) is 33.0. The summed E-state index contributed by atoms with van der Waals surface area (Å²) in [6, 6.07) is 12.9. The molecule has 2 fully saturated rings. The molecule has 3 aromatic carbocycles. The maximum absolute atomic E-state index is 15.9. The summed E-state index contributed by atoms with van der Waals surface area (Å²) in [5.41, 5.74) is 4.01. The molecule has 4 atom stereocenters. The standard InChI is InChI=1S/C42H49FN8O6/c1-22(2)34(48-41(54)56-5)39(52)50-17-7-9-32(50)37-44-21-31(46-37)28-15-12-25(20-29(28)43)24-11-14-27-26(19-24)13-16-30-36(27)47-38(45-30)33-10-8-18-51(33)40(53)35(23(3)4)49-42(55)57-6/h11-16,19-23,32-35H,7-10,17-18H2,1-6H3,(H,44,46)(H,45,47)(H,48,54)(H,49,55)/t32-,33-,34-,35-/m0/s1. The van der Waals surface area contributed by atoms with Crippen molar-refractivity contribution in [2.24, 2.45) is 11.8 Å². The van der Waals surface area contributed by atoms with Crippen molar-refractivity contribution in [1.29, 1.82) is 0 Å². The molecule has 2 aliphatic heterocycles. The Morgan fingerprint density at radius 2 is 1.35 bits per heavy atom. The van der Waals surface area contributed by atoms with Crippen LogP contribution in [0.5, 0.6) is 0 Å². The van der Waals surface area contributed by atoms with E-state index >= 15 is 4.39 Å². The highest BCUT2D eigenvalue weighted by Crippen LogP contribution is 2.37. The summed E-state index contributed by atoms with van der Waals surface area (Å²) in [6.45, 7) is 8.57. The number of amides is 4. The van der Waals surface area contributed by atoms with Crippen LogP contribution >= 0.6 is 0 Å². The van der Waals surface area contributed by atoms with E-state index in [1.165, 1.54) is 20.3 Å². The van der Waals surface area contributed by atoms with Crippen LogP contribution in [0.25, 0.3) is 44.2 Å². The highest BCUT2D eigenvalue weighted by molar-refractivity contribution is 6.05. The lowest BCUT2D eigenvalue weighted by atomic mass is 9.99. The van der Waals surface area contributed by atoms with E-state index in [0.717, 1.165) is 46.6 Å². The Morgan fingerprint density at radius 3 is 1.93 bits per heavy atom. The van der Waals surface area contributed by atoms with Crippen LogP contribution in [0.1, 0.15) is 77.1 Å². The van der Waals surface area contributed by atoms with Crippen molar-refractivity contribution < 1.29 is 33.0 Å². The molecule has 2 saturated heterocycles. The van der Waals surface area contributed by atoms with E-state index in [1.54, 1.807) is 22.1 Å². The van der Waals surface area contributed by atoms with Crippen molar-refractivity contribution in [2.75, 3.05) is 27.3 Å². The maximum Gasteiger partial charge on any atom is 0.407 e. The summed E-state index contributed by atoms with van der Waals surface area (Å²) in [5.74, 6) is 0.151. The first kappa shape index (κ1) is 39.3. The van der Waals surface area contributed by atoms with Gasteiger partial charge in [0.05, 0.1) is 49.2 Å². The van der Waals surface area contributed by atoms with Crippen LogP contribution in [0.3, 0.4) is 0 Å². The molecule has 5 aromatic rings. The Bertz CT molecular complexity index is 2320. The Balaban J connectivity index is 1.09. The number of methoxy groups -OCH3 is 2. The summed E-state index contributed by atoms with van der Waals surface area (Å²) in [7, 11) is 2.54. The third-order valence-electron chi connectivity index (χ3n) is 11.2. The zero-order valence-electron chi connectivity index (χ0n) is 33.0. The number of hydrogen-bond donors (Lipinski definition) is 4. The lowest BCUT2D eigenvalue weighted by Gasteiger charge is -2.30. The minimum absolute atomic E-state index is 0.135. The van der Waals surface area contributed by atoms with Gasteiger partial charge in [0.2, 0.25) is 11.8 Å². The van der Waals surface area contributed by atoms with Gasteiger partial charge in [0.15, 0.2) is 0 Å². The predicted molar refractivity (Wildman–Crippen MR) is 212 cm³/mol. The highest BCUT2D eigenvalue weighted by Gasteiger charge is 2.39. The lowest BCUT2D eigenvalue weighted by Crippen LogP contribution is -2.51. The fourth-order valence-corrected chi connectivity index (χ4v) is 8.10. The van der Waals surface area contributed by atoms with Gasteiger partial charge in [-0.2, -0.15) is 0 Å². The van der Waals surface area contributed by atoms with Gasteiger partial charge >= 0.3 is 12.2 Å². The fraction of sp³-hybridized carbons (Fsp3) is 0.429. The molecule has 0 unspecified atom stereocenters. The first-order valence-corrected chi connectivity index (χ1v) is 19.5. The fourth-order valence-electron chi connectivity index (χ4n) is 8.10. The molecule has 4 N–H and O–H groups in total. The van der Waals surface area contributed by atoms with Gasteiger partial charge in [0, 0.05) is 24.0 Å². The number of aromatic nitrogens is 4. The first-order valence-electron chi connectivity index (χ1n) is 19.5.